The second-order valence-electron chi connectivity index (χ2n) is 4.99. The lowest BCUT2D eigenvalue weighted by atomic mass is 10.1. The summed E-state index contributed by atoms with van der Waals surface area (Å²) in [6.07, 6.45) is 5.18. The number of hydrogen-bond acceptors (Lipinski definition) is 5. The average Bonchev–Trinajstić information content (AvgIpc) is 3.14. The number of aromatic nitrogens is 4. The van der Waals surface area contributed by atoms with Crippen molar-refractivity contribution in [3.8, 4) is 11.4 Å². The monoisotopic (exact) mass is 283 g/mol. The van der Waals surface area contributed by atoms with Crippen molar-refractivity contribution in [2.75, 3.05) is 0 Å². The first-order chi connectivity index (χ1) is 10.2. The minimum atomic E-state index is -0.261. The summed E-state index contributed by atoms with van der Waals surface area (Å²) in [5.41, 5.74) is 8.19. The van der Waals surface area contributed by atoms with E-state index in [1.165, 1.54) is 5.56 Å². The minimum absolute atomic E-state index is 0.261. The van der Waals surface area contributed by atoms with E-state index in [0.29, 0.717) is 11.7 Å². The highest BCUT2D eigenvalue weighted by Crippen LogP contribution is 2.19. The Hall–Kier alpha value is -2.47. The van der Waals surface area contributed by atoms with E-state index >= 15 is 0 Å². The molecule has 0 radical (unpaired) electrons. The summed E-state index contributed by atoms with van der Waals surface area (Å²) < 4.78 is 6.95. The second kappa shape index (κ2) is 5.88. The summed E-state index contributed by atoms with van der Waals surface area (Å²) >= 11 is 0. The summed E-state index contributed by atoms with van der Waals surface area (Å²) in [6, 6.07) is 9.95. The predicted octanol–water partition coefficient (Wildman–Crippen LogP) is 2.10. The van der Waals surface area contributed by atoms with E-state index in [2.05, 4.69) is 27.4 Å². The third-order valence-electron chi connectivity index (χ3n) is 3.31. The van der Waals surface area contributed by atoms with Gasteiger partial charge in [0.05, 0.1) is 17.8 Å². The molecule has 0 amide bonds. The molecule has 6 heteroatoms. The van der Waals surface area contributed by atoms with Crippen LogP contribution in [0.4, 0.5) is 0 Å². The number of nitrogens with zero attached hydrogens (tertiary/aromatic N) is 4. The molecule has 1 atom stereocenters. The van der Waals surface area contributed by atoms with Crippen LogP contribution in [0.25, 0.3) is 11.4 Å². The van der Waals surface area contributed by atoms with Gasteiger partial charge < -0.3 is 10.3 Å². The smallest absolute Gasteiger partial charge is 0.243 e. The maximum atomic E-state index is 6.12. The van der Waals surface area contributed by atoms with Crippen molar-refractivity contribution >= 4 is 0 Å². The lowest BCUT2D eigenvalue weighted by Gasteiger charge is -2.06. The summed E-state index contributed by atoms with van der Waals surface area (Å²) in [7, 11) is 1.84. The van der Waals surface area contributed by atoms with Crippen LogP contribution in [-0.4, -0.2) is 19.9 Å². The molecule has 0 aliphatic heterocycles. The fraction of sp³-hybridized carbons (Fsp3) is 0.267. The van der Waals surface area contributed by atoms with Crippen LogP contribution in [0.1, 0.15) is 23.9 Å². The summed E-state index contributed by atoms with van der Waals surface area (Å²) in [5.74, 6) is 0.984. The molecule has 0 unspecified atom stereocenters. The fourth-order valence-corrected chi connectivity index (χ4v) is 2.13. The van der Waals surface area contributed by atoms with Crippen LogP contribution in [0.15, 0.2) is 47.2 Å². The van der Waals surface area contributed by atoms with Gasteiger partial charge in [-0.05, 0) is 18.4 Å². The Labute approximate surface area is 122 Å². The van der Waals surface area contributed by atoms with Crippen molar-refractivity contribution in [2.45, 2.75) is 18.9 Å². The third kappa shape index (κ3) is 3.17. The van der Waals surface area contributed by atoms with Gasteiger partial charge >= 0.3 is 0 Å². The van der Waals surface area contributed by atoms with Crippen molar-refractivity contribution < 1.29 is 4.52 Å². The highest BCUT2D eigenvalue weighted by Gasteiger charge is 2.16. The summed E-state index contributed by atoms with van der Waals surface area (Å²) in [4.78, 5) is 4.35. The van der Waals surface area contributed by atoms with E-state index in [1.54, 1.807) is 10.9 Å². The van der Waals surface area contributed by atoms with Gasteiger partial charge in [0.25, 0.3) is 0 Å². The second-order valence-corrected chi connectivity index (χ2v) is 4.99. The van der Waals surface area contributed by atoms with E-state index in [9.17, 15) is 0 Å². The van der Waals surface area contributed by atoms with Crippen molar-refractivity contribution in [1.82, 2.24) is 19.9 Å². The molecule has 2 aromatic heterocycles. The zero-order valence-corrected chi connectivity index (χ0v) is 11.8. The molecule has 0 aliphatic rings. The molecule has 2 heterocycles. The Morgan fingerprint density at radius 1 is 1.29 bits per heavy atom. The van der Waals surface area contributed by atoms with Gasteiger partial charge in [-0.1, -0.05) is 35.5 Å². The van der Waals surface area contributed by atoms with E-state index < -0.39 is 0 Å². The maximum Gasteiger partial charge on any atom is 0.243 e. The van der Waals surface area contributed by atoms with Crippen molar-refractivity contribution in [1.29, 1.82) is 0 Å². The fourth-order valence-electron chi connectivity index (χ4n) is 2.13. The van der Waals surface area contributed by atoms with E-state index in [0.717, 1.165) is 18.4 Å². The molecule has 0 spiro atoms. The normalized spacial score (nSPS) is 12.5. The molecular formula is C15H17N5O. The Morgan fingerprint density at radius 3 is 2.81 bits per heavy atom. The van der Waals surface area contributed by atoms with Crippen LogP contribution in [0, 0.1) is 0 Å². The standard InChI is InChI=1S/C15H17N5O/c1-20-10-12(9-17-20)14-18-15(21-19-14)13(16)8-7-11-5-3-2-4-6-11/h2-6,9-10,13H,7-8,16H2,1H3/t13-/m0/s1. The number of aryl methyl sites for hydroxylation is 2. The van der Waals surface area contributed by atoms with Crippen LogP contribution in [0.2, 0.25) is 0 Å². The summed E-state index contributed by atoms with van der Waals surface area (Å²) in [5, 5.41) is 8.04. The lowest BCUT2D eigenvalue weighted by molar-refractivity contribution is 0.349. The van der Waals surface area contributed by atoms with Gasteiger partial charge in [-0.2, -0.15) is 10.1 Å². The average molecular weight is 283 g/mol. The molecule has 2 N–H and O–H groups in total. The molecule has 6 nitrogen and oxygen atoms in total. The molecule has 0 fully saturated rings. The molecule has 3 aromatic rings. The first kappa shape index (κ1) is 13.5. The number of nitrogens with two attached hydrogens (primary N) is 1. The zero-order valence-electron chi connectivity index (χ0n) is 11.8. The lowest BCUT2D eigenvalue weighted by Crippen LogP contribution is -2.11. The number of rotatable bonds is 5. The first-order valence-electron chi connectivity index (χ1n) is 6.84. The first-order valence-corrected chi connectivity index (χ1v) is 6.84. The van der Waals surface area contributed by atoms with Gasteiger partial charge in [0, 0.05) is 13.2 Å². The van der Waals surface area contributed by atoms with Gasteiger partial charge in [-0.25, -0.2) is 0 Å². The highest BCUT2D eigenvalue weighted by molar-refractivity contribution is 5.51. The molecule has 0 saturated heterocycles. The van der Waals surface area contributed by atoms with Crippen molar-refractivity contribution in [2.24, 2.45) is 12.8 Å². The Balaban J connectivity index is 1.65. The molecule has 21 heavy (non-hydrogen) atoms. The van der Waals surface area contributed by atoms with E-state index in [1.807, 2.05) is 31.4 Å². The highest BCUT2D eigenvalue weighted by atomic mass is 16.5. The van der Waals surface area contributed by atoms with Crippen LogP contribution in [0.5, 0.6) is 0 Å². The predicted molar refractivity (Wildman–Crippen MR) is 78.2 cm³/mol. The SMILES string of the molecule is Cn1cc(-c2noc([C@@H](N)CCc3ccccc3)n2)cn1. The molecule has 3 rings (SSSR count). The molecule has 0 bridgehead atoms. The minimum Gasteiger partial charge on any atom is -0.337 e. The number of hydrogen-bond donors (Lipinski definition) is 1. The van der Waals surface area contributed by atoms with Gasteiger partial charge in [0.1, 0.15) is 0 Å². The Morgan fingerprint density at radius 2 is 2.10 bits per heavy atom. The van der Waals surface area contributed by atoms with Crippen LogP contribution < -0.4 is 5.73 Å². The quantitative estimate of drug-likeness (QED) is 0.775. The summed E-state index contributed by atoms with van der Waals surface area (Å²) in [6.45, 7) is 0. The molecule has 108 valence electrons. The van der Waals surface area contributed by atoms with E-state index in [4.69, 9.17) is 10.3 Å². The van der Waals surface area contributed by atoms with Crippen LogP contribution in [0.3, 0.4) is 0 Å². The van der Waals surface area contributed by atoms with Crippen molar-refractivity contribution in [3.05, 3.63) is 54.2 Å². The van der Waals surface area contributed by atoms with Gasteiger partial charge in [0.15, 0.2) is 0 Å². The largest absolute Gasteiger partial charge is 0.337 e. The molecule has 0 aliphatic carbocycles. The Kier molecular flexibility index (Phi) is 3.79. The van der Waals surface area contributed by atoms with Crippen LogP contribution >= 0.6 is 0 Å². The van der Waals surface area contributed by atoms with Crippen LogP contribution in [-0.2, 0) is 13.5 Å². The van der Waals surface area contributed by atoms with Gasteiger partial charge in [-0.3, -0.25) is 4.68 Å². The van der Waals surface area contributed by atoms with E-state index in [-0.39, 0.29) is 6.04 Å². The molecular weight excluding hydrogens is 266 g/mol. The maximum absolute atomic E-state index is 6.12. The number of benzene rings is 1. The third-order valence-corrected chi connectivity index (χ3v) is 3.31. The van der Waals surface area contributed by atoms with Gasteiger partial charge in [-0.15, -0.1) is 0 Å². The Bertz CT molecular complexity index is 704. The topological polar surface area (TPSA) is 82.8 Å². The zero-order chi connectivity index (χ0) is 14.7. The van der Waals surface area contributed by atoms with Crippen molar-refractivity contribution in [3.63, 3.8) is 0 Å². The molecule has 1 aromatic carbocycles. The molecule has 0 saturated carbocycles. The van der Waals surface area contributed by atoms with Gasteiger partial charge in [0.2, 0.25) is 11.7 Å².